The summed E-state index contributed by atoms with van der Waals surface area (Å²) in [5.41, 5.74) is 7.21. The first kappa shape index (κ1) is 8.62. The number of carbonyl (C=O) groups excluding carboxylic acids is 1. The zero-order valence-electron chi connectivity index (χ0n) is 7.61. The third-order valence-electron chi connectivity index (χ3n) is 2.00. The Bertz CT molecular complexity index is 487. The van der Waals surface area contributed by atoms with Gasteiger partial charge in [0, 0.05) is 11.1 Å². The minimum atomic E-state index is -0.422. The Morgan fingerprint density at radius 3 is 3.00 bits per heavy atom. The van der Waals surface area contributed by atoms with Gasteiger partial charge in [0.25, 0.3) is 0 Å². The third-order valence-corrected chi connectivity index (χ3v) is 2.00. The molecule has 0 fully saturated rings. The monoisotopic (exact) mass is 191 g/mol. The van der Waals surface area contributed by atoms with Gasteiger partial charge in [-0.25, -0.2) is 4.79 Å². The molecule has 0 spiro atoms. The van der Waals surface area contributed by atoms with Gasteiger partial charge in [-0.1, -0.05) is 0 Å². The van der Waals surface area contributed by atoms with Gasteiger partial charge in [-0.05, 0) is 18.2 Å². The van der Waals surface area contributed by atoms with E-state index < -0.39 is 5.97 Å². The lowest BCUT2D eigenvalue weighted by Gasteiger charge is -1.96. The highest BCUT2D eigenvalue weighted by Crippen LogP contribution is 2.23. The van der Waals surface area contributed by atoms with Gasteiger partial charge < -0.3 is 14.9 Å². The van der Waals surface area contributed by atoms with Crippen LogP contribution in [0, 0.1) is 0 Å². The molecule has 1 aromatic heterocycles. The number of hydrogen-bond donors (Lipinski definition) is 1. The van der Waals surface area contributed by atoms with E-state index in [9.17, 15) is 4.79 Å². The number of methoxy groups -OCH3 is 1. The number of ether oxygens (including phenoxy) is 1. The van der Waals surface area contributed by atoms with E-state index >= 15 is 0 Å². The lowest BCUT2D eigenvalue weighted by Crippen LogP contribution is -1.99. The summed E-state index contributed by atoms with van der Waals surface area (Å²) < 4.78 is 9.77. The van der Waals surface area contributed by atoms with Crippen LogP contribution in [-0.2, 0) is 4.74 Å². The van der Waals surface area contributed by atoms with Gasteiger partial charge in [0.1, 0.15) is 17.4 Å². The van der Waals surface area contributed by atoms with Gasteiger partial charge in [-0.2, -0.15) is 0 Å². The maximum absolute atomic E-state index is 11.3. The zero-order valence-corrected chi connectivity index (χ0v) is 7.61. The summed E-state index contributed by atoms with van der Waals surface area (Å²) in [6.45, 7) is 0. The first-order chi connectivity index (χ1) is 6.72. The Kier molecular flexibility index (Phi) is 1.89. The molecular formula is C10H9NO3. The van der Waals surface area contributed by atoms with Crippen LogP contribution in [0.4, 0.5) is 5.69 Å². The van der Waals surface area contributed by atoms with Crippen molar-refractivity contribution in [3.05, 3.63) is 30.0 Å². The minimum Gasteiger partial charge on any atom is -0.465 e. The summed E-state index contributed by atoms with van der Waals surface area (Å²) in [5.74, 6) is -0.422. The van der Waals surface area contributed by atoms with E-state index in [4.69, 9.17) is 10.2 Å². The predicted octanol–water partition coefficient (Wildman–Crippen LogP) is 1.80. The number of furan rings is 1. The second kappa shape index (κ2) is 3.06. The van der Waals surface area contributed by atoms with Crippen molar-refractivity contribution in [1.82, 2.24) is 0 Å². The number of benzene rings is 1. The molecular weight excluding hydrogens is 182 g/mol. The van der Waals surface area contributed by atoms with E-state index in [1.807, 2.05) is 0 Å². The number of rotatable bonds is 1. The maximum Gasteiger partial charge on any atom is 0.341 e. The van der Waals surface area contributed by atoms with Crippen LogP contribution >= 0.6 is 0 Å². The highest BCUT2D eigenvalue weighted by Gasteiger charge is 2.13. The summed E-state index contributed by atoms with van der Waals surface area (Å²) in [7, 11) is 1.33. The maximum atomic E-state index is 11.3. The van der Waals surface area contributed by atoms with Gasteiger partial charge in [0.15, 0.2) is 0 Å². The SMILES string of the molecule is COC(=O)c1coc2ccc(N)cc12. The van der Waals surface area contributed by atoms with E-state index in [-0.39, 0.29) is 0 Å². The highest BCUT2D eigenvalue weighted by atomic mass is 16.5. The predicted molar refractivity (Wildman–Crippen MR) is 52.0 cm³/mol. The Hall–Kier alpha value is -1.97. The molecule has 0 radical (unpaired) electrons. The quantitative estimate of drug-likeness (QED) is 0.551. The van der Waals surface area contributed by atoms with E-state index in [1.54, 1.807) is 18.2 Å². The molecule has 4 heteroatoms. The number of fused-ring (bicyclic) bond motifs is 1. The van der Waals surface area contributed by atoms with Crippen molar-refractivity contribution in [2.75, 3.05) is 12.8 Å². The van der Waals surface area contributed by atoms with Gasteiger partial charge in [-0.3, -0.25) is 0 Å². The molecule has 4 nitrogen and oxygen atoms in total. The second-order valence-electron chi connectivity index (χ2n) is 2.90. The largest absolute Gasteiger partial charge is 0.465 e. The average molecular weight is 191 g/mol. The minimum absolute atomic E-state index is 0.398. The Labute approximate surface area is 80.3 Å². The Morgan fingerprint density at radius 1 is 1.50 bits per heavy atom. The molecule has 0 saturated heterocycles. The molecule has 72 valence electrons. The molecule has 0 saturated carbocycles. The summed E-state index contributed by atoms with van der Waals surface area (Å²) in [5, 5.41) is 0.678. The molecule has 0 amide bonds. The van der Waals surface area contributed by atoms with E-state index in [0.29, 0.717) is 22.2 Å². The summed E-state index contributed by atoms with van der Waals surface area (Å²) in [6, 6.07) is 5.12. The van der Waals surface area contributed by atoms with Crippen LogP contribution in [0.1, 0.15) is 10.4 Å². The van der Waals surface area contributed by atoms with Gasteiger partial charge >= 0.3 is 5.97 Å². The molecule has 0 unspecified atom stereocenters. The second-order valence-corrected chi connectivity index (χ2v) is 2.90. The van der Waals surface area contributed by atoms with Crippen molar-refractivity contribution in [1.29, 1.82) is 0 Å². The van der Waals surface area contributed by atoms with Crippen LogP contribution in [0.5, 0.6) is 0 Å². The lowest BCUT2D eigenvalue weighted by atomic mass is 10.1. The number of hydrogen-bond acceptors (Lipinski definition) is 4. The third kappa shape index (κ3) is 1.21. The summed E-state index contributed by atoms with van der Waals surface area (Å²) >= 11 is 0. The van der Waals surface area contributed by atoms with Crippen molar-refractivity contribution in [3.63, 3.8) is 0 Å². The van der Waals surface area contributed by atoms with Crippen molar-refractivity contribution in [2.24, 2.45) is 0 Å². The number of nitrogen functional groups attached to an aromatic ring is 1. The molecule has 2 rings (SSSR count). The molecule has 0 atom stereocenters. The Balaban J connectivity index is 2.67. The molecule has 1 heterocycles. The molecule has 2 aromatic rings. The number of carbonyl (C=O) groups is 1. The van der Waals surface area contributed by atoms with E-state index in [2.05, 4.69) is 4.74 Å². The van der Waals surface area contributed by atoms with E-state index in [0.717, 1.165) is 0 Å². The number of nitrogens with two attached hydrogens (primary N) is 1. The first-order valence-corrected chi connectivity index (χ1v) is 4.07. The number of anilines is 1. The van der Waals surface area contributed by atoms with Crippen molar-refractivity contribution in [3.8, 4) is 0 Å². The molecule has 0 aliphatic rings. The van der Waals surface area contributed by atoms with Crippen LogP contribution in [0.25, 0.3) is 11.0 Å². The molecule has 14 heavy (non-hydrogen) atoms. The van der Waals surface area contributed by atoms with Crippen molar-refractivity contribution >= 4 is 22.6 Å². The normalized spacial score (nSPS) is 10.4. The summed E-state index contributed by atoms with van der Waals surface area (Å²) in [6.07, 6.45) is 1.37. The first-order valence-electron chi connectivity index (χ1n) is 4.07. The molecule has 2 N–H and O–H groups in total. The topological polar surface area (TPSA) is 65.5 Å². The smallest absolute Gasteiger partial charge is 0.341 e. The van der Waals surface area contributed by atoms with Crippen LogP contribution in [0.15, 0.2) is 28.9 Å². The van der Waals surface area contributed by atoms with Crippen LogP contribution < -0.4 is 5.73 Å². The van der Waals surface area contributed by atoms with Crippen LogP contribution in [0.3, 0.4) is 0 Å². The fourth-order valence-corrected chi connectivity index (χ4v) is 1.31. The van der Waals surface area contributed by atoms with Crippen molar-refractivity contribution in [2.45, 2.75) is 0 Å². The number of esters is 1. The average Bonchev–Trinajstić information content (AvgIpc) is 2.59. The highest BCUT2D eigenvalue weighted by molar-refractivity contribution is 6.03. The molecule has 0 bridgehead atoms. The van der Waals surface area contributed by atoms with Gasteiger partial charge in [0.2, 0.25) is 0 Å². The Morgan fingerprint density at radius 2 is 2.29 bits per heavy atom. The van der Waals surface area contributed by atoms with Crippen LogP contribution in [0.2, 0.25) is 0 Å². The van der Waals surface area contributed by atoms with Crippen molar-refractivity contribution < 1.29 is 13.9 Å². The molecule has 0 aliphatic heterocycles. The van der Waals surface area contributed by atoms with E-state index in [1.165, 1.54) is 13.4 Å². The fourth-order valence-electron chi connectivity index (χ4n) is 1.31. The summed E-state index contributed by atoms with van der Waals surface area (Å²) in [4.78, 5) is 11.3. The molecule has 0 aliphatic carbocycles. The standard InChI is InChI=1S/C10H9NO3/c1-13-10(12)8-5-14-9-3-2-6(11)4-7(8)9/h2-5H,11H2,1H3. The van der Waals surface area contributed by atoms with Gasteiger partial charge in [0.05, 0.1) is 7.11 Å². The lowest BCUT2D eigenvalue weighted by molar-refractivity contribution is 0.0602. The zero-order chi connectivity index (χ0) is 10.1. The molecule has 1 aromatic carbocycles. The van der Waals surface area contributed by atoms with Crippen LogP contribution in [-0.4, -0.2) is 13.1 Å². The van der Waals surface area contributed by atoms with Gasteiger partial charge in [-0.15, -0.1) is 0 Å². The fraction of sp³-hybridized carbons (Fsp3) is 0.100.